The summed E-state index contributed by atoms with van der Waals surface area (Å²) in [7, 11) is -0.458. The molecule has 4 aromatic rings. The fourth-order valence-corrected chi connectivity index (χ4v) is 5.34. The fraction of sp³-hybridized carbons (Fsp3) is 0.344. The maximum atomic E-state index is 11.6. The molecule has 0 saturated heterocycles. The largest absolute Gasteiger partial charge is 0.478 e. The first kappa shape index (κ1) is 31.1. The van der Waals surface area contributed by atoms with Crippen LogP contribution in [-0.4, -0.2) is 59.7 Å². The summed E-state index contributed by atoms with van der Waals surface area (Å²) in [5, 5.41) is 24.6. The molecule has 0 saturated carbocycles. The summed E-state index contributed by atoms with van der Waals surface area (Å²) in [5.74, 6) is -0.946. The number of carboxylic acid groups (broad SMARTS) is 1. The first-order chi connectivity index (χ1) is 20.0. The SMILES string of the molecule is CN(CCc1cc2cc(C(=O)O)ccc2n1CCC(C)(C)NCC(O)c1cccc(N=S(=O)=O)c1)Cc1ccccc1. The third-order valence-corrected chi connectivity index (χ3v) is 7.81. The van der Waals surface area contributed by atoms with Crippen molar-refractivity contribution in [3.05, 3.63) is 101 Å². The summed E-state index contributed by atoms with van der Waals surface area (Å²) in [6.07, 6.45) is 0.724. The van der Waals surface area contributed by atoms with Gasteiger partial charge in [0, 0.05) is 54.7 Å². The van der Waals surface area contributed by atoms with Crippen LogP contribution in [0.25, 0.3) is 10.9 Å². The molecule has 0 fully saturated rings. The van der Waals surface area contributed by atoms with Crippen LogP contribution in [0, 0.1) is 0 Å². The molecule has 1 aromatic heterocycles. The Morgan fingerprint density at radius 2 is 1.81 bits per heavy atom. The third-order valence-electron chi connectivity index (χ3n) is 7.45. The van der Waals surface area contributed by atoms with Crippen molar-refractivity contribution in [1.29, 1.82) is 0 Å². The zero-order chi connectivity index (χ0) is 30.3. The van der Waals surface area contributed by atoms with Crippen molar-refractivity contribution in [2.45, 2.75) is 51.4 Å². The van der Waals surface area contributed by atoms with Gasteiger partial charge in [0.05, 0.1) is 17.4 Å². The lowest BCUT2D eigenvalue weighted by Crippen LogP contribution is -2.42. The number of β-amino-alcohol motifs (C(OH)–C–C–N with tert-alkyl or cyclic N) is 1. The number of rotatable bonds is 14. The van der Waals surface area contributed by atoms with Gasteiger partial charge in [-0.15, -0.1) is 4.36 Å². The highest BCUT2D eigenvalue weighted by atomic mass is 32.2. The lowest BCUT2D eigenvalue weighted by Gasteiger charge is -2.29. The summed E-state index contributed by atoms with van der Waals surface area (Å²) >= 11 is 0. The molecule has 1 heterocycles. The summed E-state index contributed by atoms with van der Waals surface area (Å²) in [5.41, 5.74) is 4.17. The number of fused-ring (bicyclic) bond motifs is 1. The van der Waals surface area contributed by atoms with E-state index in [0.717, 1.165) is 42.5 Å². The van der Waals surface area contributed by atoms with Gasteiger partial charge in [-0.1, -0.05) is 42.5 Å². The van der Waals surface area contributed by atoms with Crippen LogP contribution in [-0.2, 0) is 30.0 Å². The van der Waals surface area contributed by atoms with Gasteiger partial charge in [0.1, 0.15) is 0 Å². The molecule has 9 nitrogen and oxygen atoms in total. The average molecular weight is 591 g/mol. The number of benzene rings is 3. The first-order valence-electron chi connectivity index (χ1n) is 13.9. The summed E-state index contributed by atoms with van der Waals surface area (Å²) < 4.78 is 27.6. The normalized spacial score (nSPS) is 12.5. The van der Waals surface area contributed by atoms with E-state index in [-0.39, 0.29) is 23.3 Å². The van der Waals surface area contributed by atoms with Crippen molar-refractivity contribution < 1.29 is 23.4 Å². The standard InChI is InChI=1S/C32H38N4O5S/c1-32(2,33-21-30(37)24-10-7-11-27(19-24)34-42(40)41)15-17-36-28(14-16-35(3)22-23-8-5-4-6-9-23)20-26-18-25(31(38)39)12-13-29(26)36/h4-13,18-20,30,33,37H,14-17,21-22H2,1-3H3,(H,38,39). The molecule has 0 aliphatic carbocycles. The minimum absolute atomic E-state index is 0.266. The van der Waals surface area contributed by atoms with Crippen molar-refractivity contribution in [1.82, 2.24) is 14.8 Å². The van der Waals surface area contributed by atoms with Crippen molar-refractivity contribution >= 4 is 33.1 Å². The molecular weight excluding hydrogens is 552 g/mol. The number of likely N-dealkylation sites (N-methyl/N-ethyl adjacent to an activating group) is 1. The summed E-state index contributed by atoms with van der Waals surface area (Å²) in [6.45, 7) is 6.82. The second-order valence-electron chi connectivity index (χ2n) is 11.3. The minimum Gasteiger partial charge on any atom is -0.478 e. The van der Waals surface area contributed by atoms with Gasteiger partial charge >= 0.3 is 16.5 Å². The molecule has 10 heteroatoms. The highest BCUT2D eigenvalue weighted by molar-refractivity contribution is 7.61. The van der Waals surface area contributed by atoms with Crippen LogP contribution >= 0.6 is 0 Å². The molecule has 222 valence electrons. The van der Waals surface area contributed by atoms with Crippen molar-refractivity contribution in [3.8, 4) is 0 Å². The molecule has 42 heavy (non-hydrogen) atoms. The number of nitrogens with one attached hydrogen (secondary N) is 1. The Balaban J connectivity index is 1.45. The number of aryl methyl sites for hydroxylation is 1. The van der Waals surface area contributed by atoms with Crippen LogP contribution in [0.2, 0.25) is 0 Å². The highest BCUT2D eigenvalue weighted by Gasteiger charge is 2.21. The molecule has 0 aliphatic rings. The van der Waals surface area contributed by atoms with Crippen molar-refractivity contribution in [2.24, 2.45) is 4.36 Å². The van der Waals surface area contributed by atoms with Crippen molar-refractivity contribution in [2.75, 3.05) is 20.1 Å². The molecule has 1 unspecified atom stereocenters. The Kier molecular flexibility index (Phi) is 10.3. The van der Waals surface area contributed by atoms with Gasteiger partial charge < -0.3 is 25.0 Å². The van der Waals surface area contributed by atoms with Gasteiger partial charge in [-0.05, 0) is 74.8 Å². The zero-order valence-corrected chi connectivity index (χ0v) is 25.0. The van der Waals surface area contributed by atoms with E-state index in [0.29, 0.717) is 12.1 Å². The quantitative estimate of drug-likeness (QED) is 0.184. The molecule has 0 bridgehead atoms. The van der Waals surface area contributed by atoms with E-state index in [1.54, 1.807) is 36.4 Å². The predicted molar refractivity (Wildman–Crippen MR) is 164 cm³/mol. The number of nitrogens with zero attached hydrogens (tertiary/aromatic N) is 3. The lowest BCUT2D eigenvalue weighted by atomic mass is 9.99. The summed E-state index contributed by atoms with van der Waals surface area (Å²) in [6, 6.07) is 24.2. The molecule has 0 spiro atoms. The Bertz CT molecular complexity index is 1660. The molecule has 3 aromatic carbocycles. The van der Waals surface area contributed by atoms with Crippen LogP contribution in [0.1, 0.15) is 53.6 Å². The molecule has 0 radical (unpaired) electrons. The Labute approximate surface area is 248 Å². The lowest BCUT2D eigenvalue weighted by molar-refractivity contribution is 0.0697. The van der Waals surface area contributed by atoms with Gasteiger partial charge in [-0.3, -0.25) is 0 Å². The number of aliphatic hydroxyl groups is 1. The molecule has 1 atom stereocenters. The Morgan fingerprint density at radius 1 is 1.05 bits per heavy atom. The smallest absolute Gasteiger partial charge is 0.335 e. The van der Waals surface area contributed by atoms with Gasteiger partial charge in [-0.2, -0.15) is 8.42 Å². The Morgan fingerprint density at radius 3 is 2.52 bits per heavy atom. The molecular formula is C32H38N4O5S. The van der Waals surface area contributed by atoms with E-state index < -0.39 is 22.6 Å². The molecule has 3 N–H and O–H groups in total. The van der Waals surface area contributed by atoms with Crippen LogP contribution in [0.3, 0.4) is 0 Å². The van der Waals surface area contributed by atoms with E-state index in [1.807, 2.05) is 24.3 Å². The van der Waals surface area contributed by atoms with E-state index in [9.17, 15) is 23.4 Å². The maximum absolute atomic E-state index is 11.6. The Hall–Kier alpha value is -3.83. The second kappa shape index (κ2) is 13.9. The van der Waals surface area contributed by atoms with Gasteiger partial charge in [-0.25, -0.2) is 4.79 Å². The molecule has 0 amide bonds. The van der Waals surface area contributed by atoms with E-state index in [4.69, 9.17) is 0 Å². The van der Waals surface area contributed by atoms with Crippen LogP contribution < -0.4 is 5.32 Å². The van der Waals surface area contributed by atoms with Gasteiger partial charge in [0.2, 0.25) is 0 Å². The van der Waals surface area contributed by atoms with Gasteiger partial charge in [0.15, 0.2) is 0 Å². The van der Waals surface area contributed by atoms with E-state index in [2.05, 4.69) is 58.2 Å². The molecule has 0 aliphatic heterocycles. The number of aromatic nitrogens is 1. The van der Waals surface area contributed by atoms with Crippen LogP contribution in [0.15, 0.2) is 83.2 Å². The zero-order valence-electron chi connectivity index (χ0n) is 24.2. The number of aromatic carboxylic acids is 1. The first-order valence-corrected chi connectivity index (χ1v) is 15.0. The van der Waals surface area contributed by atoms with E-state index >= 15 is 0 Å². The minimum atomic E-state index is -2.56. The average Bonchev–Trinajstić information content (AvgIpc) is 3.31. The monoisotopic (exact) mass is 590 g/mol. The molecule has 4 rings (SSSR count). The van der Waals surface area contributed by atoms with Crippen molar-refractivity contribution in [3.63, 3.8) is 0 Å². The third kappa shape index (κ3) is 8.59. The second-order valence-corrected chi connectivity index (χ2v) is 11.9. The topological polar surface area (TPSA) is 124 Å². The van der Waals surface area contributed by atoms with Gasteiger partial charge in [0.25, 0.3) is 0 Å². The highest BCUT2D eigenvalue weighted by Crippen LogP contribution is 2.25. The van der Waals surface area contributed by atoms with Crippen LogP contribution in [0.5, 0.6) is 0 Å². The number of carboxylic acids is 1. The van der Waals surface area contributed by atoms with Crippen LogP contribution in [0.4, 0.5) is 5.69 Å². The number of hydrogen-bond acceptors (Lipinski definition) is 7. The number of aliphatic hydroxyl groups excluding tert-OH is 1. The number of hydrogen-bond donors (Lipinski definition) is 3. The summed E-state index contributed by atoms with van der Waals surface area (Å²) in [4.78, 5) is 13.9. The maximum Gasteiger partial charge on any atom is 0.335 e. The number of carbonyl (C=O) groups is 1. The van der Waals surface area contributed by atoms with E-state index in [1.165, 1.54) is 5.56 Å². The fourth-order valence-electron chi connectivity index (χ4n) is 5.06. The predicted octanol–water partition coefficient (Wildman–Crippen LogP) is 5.20.